The van der Waals surface area contributed by atoms with Crippen LogP contribution in [-0.2, 0) is 0 Å². The summed E-state index contributed by atoms with van der Waals surface area (Å²) < 4.78 is 12.4. The lowest BCUT2D eigenvalue weighted by atomic mass is 10.1. The van der Waals surface area contributed by atoms with Crippen molar-refractivity contribution in [3.8, 4) is 44.8 Å². The molecule has 0 bridgehead atoms. The molecule has 0 saturated carbocycles. The summed E-state index contributed by atoms with van der Waals surface area (Å²) in [5, 5.41) is 21.5. The zero-order valence-corrected chi connectivity index (χ0v) is 16.5. The van der Waals surface area contributed by atoms with E-state index in [0.717, 1.165) is 27.5 Å². The second-order valence-corrected chi connectivity index (χ2v) is 7.18. The van der Waals surface area contributed by atoms with Crippen LogP contribution in [0, 0.1) is 0 Å². The lowest BCUT2D eigenvalue weighted by Gasteiger charge is -2.07. The fourth-order valence-electron chi connectivity index (χ4n) is 3.06. The highest BCUT2D eigenvalue weighted by atomic mass is 32.1. The van der Waals surface area contributed by atoms with E-state index in [2.05, 4.69) is 20.4 Å². The standard InChI is InChI=1S/C20H16N6O2S/c1-27-16-9-8-13(10-17(16)28-2)19-25-26-18(23-24-20(26)29-19)15-11-14(21-22-15)12-6-4-3-5-7-12/h3-11H,1-2H3,(H,21,22). The number of benzene rings is 2. The maximum Gasteiger partial charge on any atom is 0.235 e. The third kappa shape index (κ3) is 3.01. The summed E-state index contributed by atoms with van der Waals surface area (Å²) in [6, 6.07) is 17.6. The van der Waals surface area contributed by atoms with E-state index in [-0.39, 0.29) is 0 Å². The molecule has 8 nitrogen and oxygen atoms in total. The van der Waals surface area contributed by atoms with Crippen molar-refractivity contribution < 1.29 is 9.47 Å². The zero-order chi connectivity index (χ0) is 19.8. The monoisotopic (exact) mass is 404 g/mol. The predicted octanol–water partition coefficient (Wildman–Crippen LogP) is 3.93. The Labute approximate surface area is 169 Å². The molecule has 2 aromatic carbocycles. The second kappa shape index (κ2) is 7.02. The summed E-state index contributed by atoms with van der Waals surface area (Å²) >= 11 is 1.45. The topological polar surface area (TPSA) is 90.2 Å². The molecule has 9 heteroatoms. The Morgan fingerprint density at radius 2 is 1.72 bits per heavy atom. The fraction of sp³-hybridized carbons (Fsp3) is 0.100. The maximum absolute atomic E-state index is 5.40. The van der Waals surface area contributed by atoms with Crippen molar-refractivity contribution >= 4 is 16.3 Å². The zero-order valence-electron chi connectivity index (χ0n) is 15.7. The van der Waals surface area contributed by atoms with Gasteiger partial charge < -0.3 is 9.47 Å². The van der Waals surface area contributed by atoms with Gasteiger partial charge in [-0.25, -0.2) is 0 Å². The average Bonchev–Trinajstić information content (AvgIpc) is 3.49. The molecule has 0 unspecified atom stereocenters. The molecule has 0 amide bonds. The highest BCUT2D eigenvalue weighted by molar-refractivity contribution is 7.19. The van der Waals surface area contributed by atoms with E-state index in [1.165, 1.54) is 11.3 Å². The van der Waals surface area contributed by atoms with Crippen molar-refractivity contribution in [2.75, 3.05) is 14.2 Å². The normalized spacial score (nSPS) is 11.1. The summed E-state index contributed by atoms with van der Waals surface area (Å²) in [5.74, 6) is 1.93. The Morgan fingerprint density at radius 3 is 2.52 bits per heavy atom. The number of rotatable bonds is 5. The minimum absolute atomic E-state index is 0.609. The van der Waals surface area contributed by atoms with Crippen LogP contribution in [0.25, 0.3) is 38.3 Å². The van der Waals surface area contributed by atoms with Crippen LogP contribution in [0.5, 0.6) is 11.5 Å². The fourth-order valence-corrected chi connectivity index (χ4v) is 3.90. The van der Waals surface area contributed by atoms with E-state index in [4.69, 9.17) is 14.6 Å². The molecule has 0 aliphatic carbocycles. The number of nitrogens with one attached hydrogen (secondary N) is 1. The van der Waals surface area contributed by atoms with Gasteiger partial charge in [0.2, 0.25) is 10.8 Å². The van der Waals surface area contributed by atoms with E-state index in [0.29, 0.717) is 22.3 Å². The number of H-pyrrole nitrogens is 1. The van der Waals surface area contributed by atoms with Gasteiger partial charge >= 0.3 is 0 Å². The van der Waals surface area contributed by atoms with Crippen molar-refractivity contribution in [3.63, 3.8) is 0 Å². The Hall–Kier alpha value is -3.72. The van der Waals surface area contributed by atoms with E-state index < -0.39 is 0 Å². The summed E-state index contributed by atoms with van der Waals surface area (Å²) in [7, 11) is 3.22. The summed E-state index contributed by atoms with van der Waals surface area (Å²) in [6.45, 7) is 0. The lowest BCUT2D eigenvalue weighted by molar-refractivity contribution is 0.355. The van der Waals surface area contributed by atoms with Gasteiger partial charge in [0.25, 0.3) is 0 Å². The summed E-state index contributed by atoms with van der Waals surface area (Å²) in [5.41, 5.74) is 3.53. The van der Waals surface area contributed by atoms with Gasteiger partial charge in [-0.3, -0.25) is 5.10 Å². The van der Waals surface area contributed by atoms with Crippen molar-refractivity contribution in [3.05, 3.63) is 54.6 Å². The van der Waals surface area contributed by atoms with E-state index in [1.54, 1.807) is 18.7 Å². The Bertz CT molecular complexity index is 1290. The van der Waals surface area contributed by atoms with Crippen LogP contribution in [0.3, 0.4) is 0 Å². The van der Waals surface area contributed by atoms with Crippen molar-refractivity contribution in [2.45, 2.75) is 0 Å². The van der Waals surface area contributed by atoms with Crippen LogP contribution < -0.4 is 9.47 Å². The largest absolute Gasteiger partial charge is 0.493 e. The van der Waals surface area contributed by atoms with E-state index in [1.807, 2.05) is 54.6 Å². The molecule has 3 heterocycles. The molecule has 5 rings (SSSR count). The van der Waals surface area contributed by atoms with Crippen LogP contribution in [0.15, 0.2) is 54.6 Å². The van der Waals surface area contributed by atoms with Gasteiger partial charge in [0.05, 0.1) is 19.9 Å². The van der Waals surface area contributed by atoms with Crippen molar-refractivity contribution in [2.24, 2.45) is 0 Å². The average molecular weight is 404 g/mol. The SMILES string of the molecule is COc1ccc(-c2nn3c(-c4cc(-c5ccccc5)n[nH]4)nnc3s2)cc1OC. The molecule has 0 fully saturated rings. The van der Waals surface area contributed by atoms with Crippen LogP contribution in [0.1, 0.15) is 0 Å². The quantitative estimate of drug-likeness (QED) is 0.477. The first-order valence-corrected chi connectivity index (χ1v) is 9.64. The van der Waals surface area contributed by atoms with Crippen molar-refractivity contribution in [1.82, 2.24) is 30.0 Å². The predicted molar refractivity (Wildman–Crippen MR) is 110 cm³/mol. The molecule has 0 aliphatic rings. The van der Waals surface area contributed by atoms with Gasteiger partial charge in [0.15, 0.2) is 11.5 Å². The van der Waals surface area contributed by atoms with Crippen LogP contribution in [-0.4, -0.2) is 44.2 Å². The van der Waals surface area contributed by atoms with Crippen LogP contribution in [0.4, 0.5) is 0 Å². The number of hydrogen-bond acceptors (Lipinski definition) is 7. The van der Waals surface area contributed by atoms with Crippen LogP contribution >= 0.6 is 11.3 Å². The molecule has 5 aromatic rings. The molecule has 144 valence electrons. The van der Waals surface area contributed by atoms with Gasteiger partial charge in [0.1, 0.15) is 10.7 Å². The third-order valence-corrected chi connectivity index (χ3v) is 5.46. The molecule has 0 atom stereocenters. The molecule has 0 spiro atoms. The van der Waals surface area contributed by atoms with Gasteiger partial charge in [-0.2, -0.15) is 14.7 Å². The molecule has 0 radical (unpaired) electrons. The summed E-state index contributed by atoms with van der Waals surface area (Å²) in [6.07, 6.45) is 0. The number of nitrogens with zero attached hydrogens (tertiary/aromatic N) is 5. The molecule has 0 aliphatic heterocycles. The number of aromatic nitrogens is 6. The molecule has 29 heavy (non-hydrogen) atoms. The number of ether oxygens (including phenoxy) is 2. The number of fused-ring (bicyclic) bond motifs is 1. The number of methoxy groups -OCH3 is 2. The molecular formula is C20H16N6O2S. The first kappa shape index (κ1) is 17.4. The lowest BCUT2D eigenvalue weighted by Crippen LogP contribution is -1.93. The number of aromatic amines is 1. The van der Waals surface area contributed by atoms with Gasteiger partial charge in [-0.15, -0.1) is 10.2 Å². The highest BCUT2D eigenvalue weighted by Crippen LogP contribution is 2.34. The Kier molecular flexibility index (Phi) is 4.21. The maximum atomic E-state index is 5.40. The molecule has 0 saturated heterocycles. The number of hydrogen-bond donors (Lipinski definition) is 1. The van der Waals surface area contributed by atoms with Gasteiger partial charge in [0, 0.05) is 11.1 Å². The minimum atomic E-state index is 0.609. The third-order valence-electron chi connectivity index (χ3n) is 4.51. The molecular weight excluding hydrogens is 388 g/mol. The Balaban J connectivity index is 1.54. The highest BCUT2D eigenvalue weighted by Gasteiger charge is 2.17. The van der Waals surface area contributed by atoms with Gasteiger partial charge in [-0.1, -0.05) is 41.7 Å². The van der Waals surface area contributed by atoms with E-state index in [9.17, 15) is 0 Å². The Morgan fingerprint density at radius 1 is 0.897 bits per heavy atom. The second-order valence-electron chi connectivity index (χ2n) is 6.23. The first-order valence-electron chi connectivity index (χ1n) is 8.82. The van der Waals surface area contributed by atoms with Crippen LogP contribution in [0.2, 0.25) is 0 Å². The first-order chi connectivity index (χ1) is 14.3. The molecule has 1 N–H and O–H groups in total. The van der Waals surface area contributed by atoms with Gasteiger partial charge in [-0.05, 0) is 24.3 Å². The van der Waals surface area contributed by atoms with Crippen molar-refractivity contribution in [1.29, 1.82) is 0 Å². The summed E-state index contributed by atoms with van der Waals surface area (Å²) in [4.78, 5) is 0.695. The smallest absolute Gasteiger partial charge is 0.235 e. The van der Waals surface area contributed by atoms with E-state index >= 15 is 0 Å². The molecule has 3 aromatic heterocycles. The minimum Gasteiger partial charge on any atom is -0.493 e.